The summed E-state index contributed by atoms with van der Waals surface area (Å²) in [4.78, 5) is 14.3. The van der Waals surface area contributed by atoms with Crippen molar-refractivity contribution in [3.05, 3.63) is 20.8 Å². The van der Waals surface area contributed by atoms with Gasteiger partial charge >= 0.3 is 0 Å². The molecular formula is C11H14BrNO2S. The number of likely N-dealkylation sites (N-methyl/N-ethyl adjacent to an activating group) is 1. The van der Waals surface area contributed by atoms with Crippen LogP contribution in [0.25, 0.3) is 0 Å². The molecular weight excluding hydrogens is 290 g/mol. The average molecular weight is 304 g/mol. The highest BCUT2D eigenvalue weighted by Crippen LogP contribution is 2.33. The number of hydrogen-bond donors (Lipinski definition) is 1. The van der Waals surface area contributed by atoms with E-state index < -0.39 is 0 Å². The number of thiophene rings is 1. The second-order valence-corrected chi connectivity index (χ2v) is 5.96. The van der Waals surface area contributed by atoms with Crippen molar-refractivity contribution in [2.45, 2.75) is 18.9 Å². The molecule has 1 aromatic rings. The molecule has 0 aromatic carbocycles. The molecule has 1 heterocycles. The Morgan fingerprint density at radius 3 is 2.94 bits per heavy atom. The van der Waals surface area contributed by atoms with Crippen molar-refractivity contribution in [3.63, 3.8) is 0 Å². The van der Waals surface area contributed by atoms with Crippen LogP contribution in [0.1, 0.15) is 22.5 Å². The lowest BCUT2D eigenvalue weighted by Crippen LogP contribution is -2.35. The largest absolute Gasteiger partial charge is 0.391 e. The minimum absolute atomic E-state index is 0.0263. The molecule has 0 aliphatic heterocycles. The van der Waals surface area contributed by atoms with E-state index in [1.807, 2.05) is 11.4 Å². The highest BCUT2D eigenvalue weighted by molar-refractivity contribution is 9.10. The van der Waals surface area contributed by atoms with Crippen LogP contribution in [0.3, 0.4) is 0 Å². The van der Waals surface area contributed by atoms with E-state index in [2.05, 4.69) is 15.9 Å². The summed E-state index contributed by atoms with van der Waals surface area (Å²) in [7, 11) is 1.74. The second kappa shape index (κ2) is 4.85. The van der Waals surface area contributed by atoms with Crippen LogP contribution < -0.4 is 0 Å². The summed E-state index contributed by atoms with van der Waals surface area (Å²) in [6.45, 7) is 0.424. The van der Waals surface area contributed by atoms with Gasteiger partial charge in [-0.3, -0.25) is 4.79 Å². The van der Waals surface area contributed by atoms with Crippen LogP contribution >= 0.6 is 27.3 Å². The summed E-state index contributed by atoms with van der Waals surface area (Å²) in [5, 5.41) is 11.7. The van der Waals surface area contributed by atoms with Gasteiger partial charge in [0.2, 0.25) is 0 Å². The van der Waals surface area contributed by atoms with Gasteiger partial charge in [0.1, 0.15) is 4.88 Å². The third-order valence-corrected chi connectivity index (χ3v) is 4.61. The van der Waals surface area contributed by atoms with Crippen LogP contribution in [-0.2, 0) is 0 Å². The number of amides is 1. The lowest BCUT2D eigenvalue weighted by atomic mass is 10.2. The van der Waals surface area contributed by atoms with Crippen molar-refractivity contribution in [2.75, 3.05) is 13.6 Å². The van der Waals surface area contributed by atoms with Crippen molar-refractivity contribution in [3.8, 4) is 0 Å². The maximum Gasteiger partial charge on any atom is 0.264 e. The summed E-state index contributed by atoms with van der Waals surface area (Å²) in [6, 6.07) is 1.86. The Labute approximate surface area is 107 Å². The van der Waals surface area contributed by atoms with Crippen LogP contribution in [0.5, 0.6) is 0 Å². The Morgan fingerprint density at radius 2 is 2.44 bits per heavy atom. The van der Waals surface area contributed by atoms with Crippen LogP contribution in [-0.4, -0.2) is 35.6 Å². The van der Waals surface area contributed by atoms with E-state index in [9.17, 15) is 9.90 Å². The minimum Gasteiger partial charge on any atom is -0.391 e. The Bertz CT molecular complexity index is 389. The van der Waals surface area contributed by atoms with Crippen LogP contribution in [0.15, 0.2) is 15.9 Å². The van der Waals surface area contributed by atoms with Crippen molar-refractivity contribution in [1.82, 2.24) is 4.90 Å². The number of halogens is 1. The van der Waals surface area contributed by atoms with Crippen molar-refractivity contribution in [2.24, 2.45) is 5.92 Å². The van der Waals surface area contributed by atoms with Gasteiger partial charge in [0, 0.05) is 18.1 Å². The number of aliphatic hydroxyl groups is 1. The molecule has 1 N–H and O–H groups in total. The second-order valence-electron chi connectivity index (χ2n) is 4.19. The van der Waals surface area contributed by atoms with E-state index >= 15 is 0 Å². The van der Waals surface area contributed by atoms with Crippen molar-refractivity contribution >= 4 is 33.2 Å². The Hall–Kier alpha value is -0.390. The molecule has 16 heavy (non-hydrogen) atoms. The predicted octanol–water partition coefficient (Wildman–Crippen LogP) is 2.35. The summed E-state index contributed by atoms with van der Waals surface area (Å²) in [6.07, 6.45) is 1.81. The summed E-state index contributed by atoms with van der Waals surface area (Å²) in [5.41, 5.74) is 0. The molecule has 1 saturated carbocycles. The minimum atomic E-state index is -0.368. The standard InChI is InChI=1S/C11H14BrNO2S/c1-13(6-9(14)7-2-3-7)11(15)10-8(12)4-5-16-10/h4-5,7,9,14H,2-3,6H2,1H3. The molecule has 5 heteroatoms. The molecule has 1 atom stereocenters. The first-order valence-corrected chi connectivity index (χ1v) is 6.93. The Morgan fingerprint density at radius 1 is 1.75 bits per heavy atom. The number of carbonyl (C=O) groups excluding carboxylic acids is 1. The van der Waals surface area contributed by atoms with Gasteiger partial charge < -0.3 is 10.0 Å². The highest BCUT2D eigenvalue weighted by atomic mass is 79.9. The molecule has 1 unspecified atom stereocenters. The highest BCUT2D eigenvalue weighted by Gasteiger charge is 2.31. The SMILES string of the molecule is CN(CC(O)C1CC1)C(=O)c1sccc1Br. The van der Waals surface area contributed by atoms with Crippen molar-refractivity contribution in [1.29, 1.82) is 0 Å². The molecule has 0 radical (unpaired) electrons. The summed E-state index contributed by atoms with van der Waals surface area (Å²) < 4.78 is 0.829. The zero-order valence-electron chi connectivity index (χ0n) is 9.02. The van der Waals surface area contributed by atoms with E-state index in [0.29, 0.717) is 17.3 Å². The van der Waals surface area contributed by atoms with Gasteiger partial charge in [-0.05, 0) is 46.1 Å². The topological polar surface area (TPSA) is 40.5 Å². The number of nitrogens with zero attached hydrogens (tertiary/aromatic N) is 1. The van der Waals surface area contributed by atoms with Gasteiger partial charge in [-0.1, -0.05) is 0 Å². The van der Waals surface area contributed by atoms with Gasteiger partial charge in [-0.15, -0.1) is 11.3 Å². The third-order valence-electron chi connectivity index (χ3n) is 2.79. The summed E-state index contributed by atoms with van der Waals surface area (Å²) >= 11 is 4.76. The first kappa shape index (κ1) is 12.1. The quantitative estimate of drug-likeness (QED) is 0.927. The van der Waals surface area contributed by atoms with E-state index in [-0.39, 0.29) is 12.0 Å². The van der Waals surface area contributed by atoms with Crippen molar-refractivity contribution < 1.29 is 9.90 Å². The first-order valence-electron chi connectivity index (χ1n) is 5.26. The predicted molar refractivity (Wildman–Crippen MR) is 67.7 cm³/mol. The maximum atomic E-state index is 12.0. The molecule has 3 nitrogen and oxygen atoms in total. The van der Waals surface area contributed by atoms with E-state index in [1.54, 1.807) is 11.9 Å². The van der Waals surface area contributed by atoms with Crippen LogP contribution in [0, 0.1) is 5.92 Å². The normalized spacial score (nSPS) is 17.2. The fourth-order valence-electron chi connectivity index (χ4n) is 1.61. The lowest BCUT2D eigenvalue weighted by molar-refractivity contribution is 0.0649. The fraction of sp³-hybridized carbons (Fsp3) is 0.545. The molecule has 0 saturated heterocycles. The molecule has 0 spiro atoms. The molecule has 1 fully saturated rings. The van der Waals surface area contributed by atoms with Gasteiger partial charge in [-0.25, -0.2) is 0 Å². The molecule has 1 aliphatic carbocycles. The average Bonchev–Trinajstić information content (AvgIpc) is 3.01. The van der Waals surface area contributed by atoms with Gasteiger partial charge in [-0.2, -0.15) is 0 Å². The monoisotopic (exact) mass is 303 g/mol. The molecule has 0 bridgehead atoms. The smallest absolute Gasteiger partial charge is 0.264 e. The van der Waals surface area contributed by atoms with E-state index in [0.717, 1.165) is 17.3 Å². The molecule has 1 aromatic heterocycles. The number of rotatable bonds is 4. The van der Waals surface area contributed by atoms with Crippen LogP contribution in [0.4, 0.5) is 0 Å². The number of carbonyl (C=O) groups is 1. The van der Waals surface area contributed by atoms with Gasteiger partial charge in [0.05, 0.1) is 6.10 Å². The molecule has 1 aliphatic rings. The van der Waals surface area contributed by atoms with Gasteiger partial charge in [0.15, 0.2) is 0 Å². The number of aliphatic hydroxyl groups excluding tert-OH is 1. The fourth-order valence-corrected chi connectivity index (χ4v) is 3.15. The Kier molecular flexibility index (Phi) is 3.66. The number of hydrogen-bond acceptors (Lipinski definition) is 3. The maximum absolute atomic E-state index is 12.0. The van der Waals surface area contributed by atoms with E-state index in [1.165, 1.54) is 11.3 Å². The molecule has 88 valence electrons. The Balaban J connectivity index is 1.96. The summed E-state index contributed by atoms with van der Waals surface area (Å²) in [5.74, 6) is 0.378. The molecule has 1 amide bonds. The van der Waals surface area contributed by atoms with Gasteiger partial charge in [0.25, 0.3) is 5.91 Å². The molecule has 2 rings (SSSR count). The third kappa shape index (κ3) is 2.64. The van der Waals surface area contributed by atoms with E-state index in [4.69, 9.17) is 0 Å². The first-order chi connectivity index (χ1) is 7.59. The lowest BCUT2D eigenvalue weighted by Gasteiger charge is -2.20. The zero-order chi connectivity index (χ0) is 11.7. The zero-order valence-corrected chi connectivity index (χ0v) is 11.4. The van der Waals surface area contributed by atoms with Crippen LogP contribution in [0.2, 0.25) is 0 Å².